The van der Waals surface area contributed by atoms with Crippen LogP contribution in [-0.4, -0.2) is 95.7 Å². The number of nitrogens with zero attached hydrogens (tertiary/aromatic N) is 5. The summed E-state index contributed by atoms with van der Waals surface area (Å²) >= 11 is 0. The third-order valence-electron chi connectivity index (χ3n) is 6.81. The number of β-amino-alcohol motifs (C(OH)–C–C–N with tert-alkyl or cyclic N) is 1. The zero-order valence-corrected chi connectivity index (χ0v) is 19.9. The van der Waals surface area contributed by atoms with Crippen molar-refractivity contribution in [1.82, 2.24) is 19.7 Å². The van der Waals surface area contributed by atoms with Gasteiger partial charge in [-0.05, 0) is 24.5 Å². The predicted molar refractivity (Wildman–Crippen MR) is 128 cm³/mol. The Morgan fingerprint density at radius 1 is 1.03 bits per heavy atom. The van der Waals surface area contributed by atoms with Crippen LogP contribution < -0.4 is 4.90 Å². The highest BCUT2D eigenvalue weighted by Crippen LogP contribution is 2.23. The van der Waals surface area contributed by atoms with Gasteiger partial charge in [-0.1, -0.05) is 32.0 Å². The van der Waals surface area contributed by atoms with Crippen molar-refractivity contribution in [3.8, 4) is 0 Å². The number of benzene rings is 1. The summed E-state index contributed by atoms with van der Waals surface area (Å²) in [6, 6.07) is 8.52. The summed E-state index contributed by atoms with van der Waals surface area (Å²) in [6.45, 7) is 12.2. The molecule has 1 aromatic carbocycles. The number of piperazine rings is 2. The topological polar surface area (TPSA) is 76.3 Å². The first-order valence-electron chi connectivity index (χ1n) is 12.3. The number of rotatable bonds is 8. The quantitative estimate of drug-likeness (QED) is 0.653. The molecule has 2 aliphatic rings. The fourth-order valence-corrected chi connectivity index (χ4v) is 4.66. The Bertz CT molecular complexity index is 901. The van der Waals surface area contributed by atoms with Gasteiger partial charge >= 0.3 is 0 Å². The average molecular weight is 456 g/mol. The van der Waals surface area contributed by atoms with Gasteiger partial charge in [0.15, 0.2) is 5.69 Å². The number of amides is 1. The summed E-state index contributed by atoms with van der Waals surface area (Å²) in [5, 5.41) is 9.85. The number of anilines is 1. The monoisotopic (exact) mass is 455 g/mol. The molecule has 0 spiro atoms. The lowest BCUT2D eigenvalue weighted by atomic mass is 10.1. The summed E-state index contributed by atoms with van der Waals surface area (Å²) in [4.78, 5) is 26.3. The Morgan fingerprint density at radius 2 is 1.73 bits per heavy atom. The molecule has 0 aliphatic carbocycles. The van der Waals surface area contributed by atoms with E-state index in [0.29, 0.717) is 31.2 Å². The van der Waals surface area contributed by atoms with Crippen LogP contribution in [0.1, 0.15) is 42.2 Å². The van der Waals surface area contributed by atoms with Gasteiger partial charge in [-0.3, -0.25) is 14.6 Å². The number of hydrogen-bond donors (Lipinski definition) is 1. The summed E-state index contributed by atoms with van der Waals surface area (Å²) in [5.74, 6) is 0.544. The normalized spacial score (nSPS) is 19.1. The molecular formula is C25H37N5O3. The second kappa shape index (κ2) is 11.1. The SMILES string of the molecule is CCc1ccccc1N1CCN(C(=O)c2coc(CN3CCN(CC(O)CC)CC3)n2)CC1. The minimum Gasteiger partial charge on any atom is -0.447 e. The number of carbonyl (C=O) groups excluding carboxylic acids is 1. The van der Waals surface area contributed by atoms with Crippen LogP contribution in [0.2, 0.25) is 0 Å². The van der Waals surface area contributed by atoms with Crippen LogP contribution >= 0.6 is 0 Å². The Balaban J connectivity index is 1.26. The molecule has 3 heterocycles. The fourth-order valence-electron chi connectivity index (χ4n) is 4.66. The zero-order valence-electron chi connectivity index (χ0n) is 19.9. The van der Waals surface area contributed by atoms with Crippen molar-refractivity contribution in [3.63, 3.8) is 0 Å². The first-order valence-corrected chi connectivity index (χ1v) is 12.3. The summed E-state index contributed by atoms with van der Waals surface area (Å²) in [5.41, 5.74) is 3.03. The van der Waals surface area contributed by atoms with E-state index >= 15 is 0 Å². The standard InChI is InChI=1S/C25H37N5O3/c1-3-20-7-5-6-8-23(20)29-13-15-30(16-14-29)25(32)22-19-33-24(26-22)18-28-11-9-27(10-12-28)17-21(31)4-2/h5-8,19,21,31H,3-4,9-18H2,1-2H3. The predicted octanol–water partition coefficient (Wildman–Crippen LogP) is 2.09. The Morgan fingerprint density at radius 3 is 2.42 bits per heavy atom. The van der Waals surface area contributed by atoms with Crippen molar-refractivity contribution in [2.75, 3.05) is 63.8 Å². The molecule has 180 valence electrons. The lowest BCUT2D eigenvalue weighted by molar-refractivity contribution is 0.0658. The lowest BCUT2D eigenvalue weighted by Crippen LogP contribution is -2.49. The third kappa shape index (κ3) is 5.93. The first-order chi connectivity index (χ1) is 16.1. The van der Waals surface area contributed by atoms with Crippen LogP contribution in [0.15, 0.2) is 34.9 Å². The van der Waals surface area contributed by atoms with Crippen molar-refractivity contribution >= 4 is 11.6 Å². The summed E-state index contributed by atoms with van der Waals surface area (Å²) < 4.78 is 5.64. The van der Waals surface area contributed by atoms with E-state index in [-0.39, 0.29) is 12.0 Å². The maximum atomic E-state index is 13.0. The largest absolute Gasteiger partial charge is 0.447 e. The molecule has 1 unspecified atom stereocenters. The third-order valence-corrected chi connectivity index (χ3v) is 6.81. The van der Waals surface area contributed by atoms with Gasteiger partial charge < -0.3 is 19.3 Å². The van der Waals surface area contributed by atoms with E-state index in [1.54, 1.807) is 0 Å². The minimum atomic E-state index is -0.250. The highest BCUT2D eigenvalue weighted by molar-refractivity contribution is 5.92. The molecule has 2 aromatic rings. The second-order valence-electron chi connectivity index (χ2n) is 9.03. The molecule has 1 N–H and O–H groups in total. The molecule has 1 aromatic heterocycles. The molecule has 2 aliphatic heterocycles. The van der Waals surface area contributed by atoms with Crippen LogP contribution in [0, 0.1) is 0 Å². The number of para-hydroxylation sites is 1. The number of oxazole rings is 1. The number of carbonyl (C=O) groups is 1. The highest BCUT2D eigenvalue weighted by atomic mass is 16.3. The molecule has 33 heavy (non-hydrogen) atoms. The summed E-state index contributed by atoms with van der Waals surface area (Å²) in [7, 11) is 0. The van der Waals surface area contributed by atoms with Crippen molar-refractivity contribution < 1.29 is 14.3 Å². The van der Waals surface area contributed by atoms with Gasteiger partial charge in [-0.2, -0.15) is 0 Å². The van der Waals surface area contributed by atoms with Crippen LogP contribution in [0.3, 0.4) is 0 Å². The number of aryl methyl sites for hydroxylation is 1. The van der Waals surface area contributed by atoms with Crippen molar-refractivity contribution in [3.05, 3.63) is 47.7 Å². The van der Waals surface area contributed by atoms with Crippen LogP contribution in [-0.2, 0) is 13.0 Å². The number of aliphatic hydroxyl groups excluding tert-OH is 1. The highest BCUT2D eigenvalue weighted by Gasteiger charge is 2.26. The minimum absolute atomic E-state index is 0.0493. The Labute approximate surface area is 196 Å². The van der Waals surface area contributed by atoms with Crippen LogP contribution in [0.25, 0.3) is 0 Å². The molecule has 8 nitrogen and oxygen atoms in total. The second-order valence-corrected chi connectivity index (χ2v) is 9.03. The zero-order chi connectivity index (χ0) is 23.2. The molecule has 1 amide bonds. The van der Waals surface area contributed by atoms with Crippen LogP contribution in [0.4, 0.5) is 5.69 Å². The van der Waals surface area contributed by atoms with Gasteiger partial charge in [0.25, 0.3) is 5.91 Å². The maximum Gasteiger partial charge on any atom is 0.275 e. The molecule has 1 atom stereocenters. The molecule has 0 bridgehead atoms. The van der Waals surface area contributed by atoms with E-state index in [1.165, 1.54) is 17.5 Å². The van der Waals surface area contributed by atoms with Gasteiger partial charge in [-0.15, -0.1) is 0 Å². The maximum absolute atomic E-state index is 13.0. The van der Waals surface area contributed by atoms with E-state index in [0.717, 1.165) is 58.7 Å². The van der Waals surface area contributed by atoms with Crippen molar-refractivity contribution in [2.45, 2.75) is 39.3 Å². The Hall–Kier alpha value is -2.42. The van der Waals surface area contributed by atoms with Gasteiger partial charge in [-0.25, -0.2) is 4.98 Å². The molecule has 2 fully saturated rings. The van der Waals surface area contributed by atoms with E-state index in [1.807, 2.05) is 11.8 Å². The number of hydrogen-bond acceptors (Lipinski definition) is 7. The molecule has 4 rings (SSSR count). The number of aromatic nitrogens is 1. The van der Waals surface area contributed by atoms with E-state index < -0.39 is 0 Å². The molecule has 0 saturated carbocycles. The molecule has 0 radical (unpaired) electrons. The molecule has 2 saturated heterocycles. The van der Waals surface area contributed by atoms with Crippen molar-refractivity contribution in [1.29, 1.82) is 0 Å². The molecular weight excluding hydrogens is 418 g/mol. The fraction of sp³-hybridized carbons (Fsp3) is 0.600. The van der Waals surface area contributed by atoms with E-state index in [4.69, 9.17) is 4.42 Å². The Kier molecular flexibility index (Phi) is 8.01. The van der Waals surface area contributed by atoms with Gasteiger partial charge in [0.1, 0.15) is 6.26 Å². The van der Waals surface area contributed by atoms with E-state index in [9.17, 15) is 9.90 Å². The van der Waals surface area contributed by atoms with Crippen molar-refractivity contribution in [2.24, 2.45) is 0 Å². The van der Waals surface area contributed by atoms with Gasteiger partial charge in [0.2, 0.25) is 5.89 Å². The molecule has 8 heteroatoms. The first kappa shape index (κ1) is 23.7. The average Bonchev–Trinajstić information content (AvgIpc) is 3.33. The lowest BCUT2D eigenvalue weighted by Gasteiger charge is -2.36. The smallest absolute Gasteiger partial charge is 0.275 e. The number of aliphatic hydroxyl groups is 1. The summed E-state index contributed by atoms with van der Waals surface area (Å²) in [6.07, 6.45) is 3.05. The van der Waals surface area contributed by atoms with Gasteiger partial charge in [0, 0.05) is 64.6 Å². The van der Waals surface area contributed by atoms with Gasteiger partial charge in [0.05, 0.1) is 12.6 Å². The van der Waals surface area contributed by atoms with Crippen LogP contribution in [0.5, 0.6) is 0 Å². The van der Waals surface area contributed by atoms with E-state index in [2.05, 4.69) is 50.9 Å².